The van der Waals surface area contributed by atoms with Crippen molar-refractivity contribution in [3.05, 3.63) is 571 Å². The van der Waals surface area contributed by atoms with Gasteiger partial charge in [0.2, 0.25) is 0 Å². The summed E-state index contributed by atoms with van der Waals surface area (Å²) in [7, 11) is 14.9. The monoisotopic (exact) mass is 1900 g/mol. The molecule has 0 N–H and O–H groups in total. The van der Waals surface area contributed by atoms with E-state index in [-0.39, 0.29) is 16.2 Å². The lowest BCUT2D eigenvalue weighted by Gasteiger charge is -2.45. The highest BCUT2D eigenvalue weighted by Crippen LogP contribution is 2.59. The summed E-state index contributed by atoms with van der Waals surface area (Å²) in [6, 6.07) is 181. The lowest BCUT2D eigenvalue weighted by molar-refractivity contribution is 0.475. The van der Waals surface area contributed by atoms with E-state index in [0.29, 0.717) is 5.92 Å². The Hall–Kier alpha value is -17.1. The first kappa shape index (κ1) is 94.2. The summed E-state index contributed by atoms with van der Waals surface area (Å²) in [6.07, 6.45) is 0. The largest absolute Gasteiger partial charge is 0.453 e. The van der Waals surface area contributed by atoms with Crippen LogP contribution in [0.25, 0.3) is 22.3 Å². The van der Waals surface area contributed by atoms with E-state index >= 15 is 0 Å². The zero-order valence-electron chi connectivity index (χ0n) is 84.0. The lowest BCUT2D eigenvalue weighted by atomic mass is 9.62. The van der Waals surface area contributed by atoms with Crippen molar-refractivity contribution >= 4 is 108 Å². The first-order valence-electron chi connectivity index (χ1n) is 50.0. The quantitative estimate of drug-likeness (QED) is 0.161. The molecule has 7 aliphatic heterocycles. The van der Waals surface area contributed by atoms with Crippen LogP contribution in [-0.2, 0) is 16.2 Å². The van der Waals surface area contributed by atoms with Crippen molar-refractivity contribution in [1.29, 1.82) is 0 Å². The molecule has 710 valence electrons. The second-order valence-corrected chi connectivity index (χ2v) is 39.7. The molecule has 0 atom stereocenters. The summed E-state index contributed by atoms with van der Waals surface area (Å²) in [6.45, 7) is 9.26. The van der Waals surface area contributed by atoms with Crippen LogP contribution in [0.5, 0.6) is 11.5 Å². The van der Waals surface area contributed by atoms with E-state index in [1.165, 1.54) is 179 Å². The van der Waals surface area contributed by atoms with Gasteiger partial charge in [0.25, 0.3) is 0 Å². The van der Waals surface area contributed by atoms with Crippen LogP contribution in [0, 0.1) is 0 Å². The van der Waals surface area contributed by atoms with Crippen LogP contribution in [0.2, 0.25) is 0 Å². The van der Waals surface area contributed by atoms with Crippen molar-refractivity contribution in [3.63, 3.8) is 0 Å². The van der Waals surface area contributed by atoms with E-state index in [2.05, 4.69) is 589 Å². The summed E-state index contributed by atoms with van der Waals surface area (Å²) < 4.78 is 5.81. The van der Waals surface area contributed by atoms with E-state index in [1.54, 1.807) is 0 Å². The van der Waals surface area contributed by atoms with Crippen LogP contribution < -0.4 is 43.9 Å². The molecule has 0 aliphatic carbocycles. The van der Waals surface area contributed by atoms with Gasteiger partial charge in [-0.3, -0.25) is 0 Å². The highest BCUT2D eigenvalue weighted by atomic mass is 32.2. The molecule has 0 saturated carbocycles. The van der Waals surface area contributed by atoms with Gasteiger partial charge in [0.15, 0.2) is 11.5 Å². The molecule has 20 aromatic rings. The molecular formula is C135H118N8OS. The fourth-order valence-electron chi connectivity index (χ4n) is 22.2. The van der Waals surface area contributed by atoms with Crippen molar-refractivity contribution in [1.82, 2.24) is 0 Å². The molecule has 7 heterocycles. The highest BCUT2D eigenvalue weighted by Gasteiger charge is 2.46. The van der Waals surface area contributed by atoms with E-state index in [4.69, 9.17) is 4.74 Å². The average Bonchev–Trinajstić information content (AvgIpc) is 0.708. The Kier molecular flexibility index (Phi) is 26.6. The molecule has 0 unspecified atom stereocenters. The summed E-state index contributed by atoms with van der Waals surface area (Å²) in [5.74, 6) is 2.15. The predicted molar refractivity (Wildman–Crippen MR) is 613 cm³/mol. The maximum absolute atomic E-state index is 5.81. The average molecular weight is 1900 g/mol. The van der Waals surface area contributed by atoms with Crippen molar-refractivity contribution in [2.45, 2.75) is 59.6 Å². The van der Waals surface area contributed by atoms with Crippen molar-refractivity contribution < 1.29 is 4.74 Å². The molecule has 0 fully saturated rings. The van der Waals surface area contributed by atoms with Gasteiger partial charge in [-0.1, -0.05) is 410 Å². The third-order valence-electron chi connectivity index (χ3n) is 29.6. The number of ether oxygens (including phenoxy) is 1. The van der Waals surface area contributed by atoms with E-state index in [9.17, 15) is 0 Å². The molecule has 145 heavy (non-hydrogen) atoms. The van der Waals surface area contributed by atoms with Gasteiger partial charge in [0.05, 0.1) is 50.9 Å². The zero-order valence-corrected chi connectivity index (χ0v) is 84.8. The number of benzene rings is 20. The Morgan fingerprint density at radius 3 is 0.883 bits per heavy atom. The predicted octanol–water partition coefficient (Wildman–Crippen LogP) is 35.3. The fraction of sp³-hybridized carbons (Fsp3) is 0.111. The second kappa shape index (κ2) is 40.9. The molecule has 0 spiro atoms. The number of hydrogen-bond acceptors (Lipinski definition) is 10. The maximum atomic E-state index is 5.81. The lowest BCUT2D eigenvalue weighted by Crippen LogP contribution is -2.37. The van der Waals surface area contributed by atoms with Crippen LogP contribution in [0.3, 0.4) is 0 Å². The second-order valence-electron chi connectivity index (χ2n) is 38.6. The molecule has 20 aromatic carbocycles. The van der Waals surface area contributed by atoms with Gasteiger partial charge < -0.3 is 43.9 Å². The normalized spacial score (nSPS) is 14.0. The van der Waals surface area contributed by atoms with Crippen LogP contribution in [0.1, 0.15) is 94.8 Å². The minimum atomic E-state index is -0.331. The number of fused-ring (bicyclic) bond motifs is 14. The van der Waals surface area contributed by atoms with E-state index in [0.717, 1.165) is 22.9 Å². The Morgan fingerprint density at radius 1 is 0.200 bits per heavy atom. The first-order valence-corrected chi connectivity index (χ1v) is 50.8. The Morgan fingerprint density at radius 2 is 0.462 bits per heavy atom. The Labute approximate surface area is 859 Å². The van der Waals surface area contributed by atoms with Gasteiger partial charge >= 0.3 is 0 Å². The first-order chi connectivity index (χ1) is 70.9. The summed E-state index contributed by atoms with van der Waals surface area (Å²) >= 11 is 1.84. The molecule has 27 rings (SSSR count). The van der Waals surface area contributed by atoms with E-state index in [1.807, 2.05) is 48.2 Å². The van der Waals surface area contributed by atoms with Crippen LogP contribution in [-0.4, -0.2) is 49.3 Å². The third-order valence-corrected chi connectivity index (χ3v) is 30.7. The van der Waals surface area contributed by atoms with Gasteiger partial charge in [-0.25, -0.2) is 0 Å². The standard InChI is InChI=1S/C26H21N.C25H20N2.C22H21N.C20H17N.C16H17N.C13H11NO.C13H11NS/c1-27-24-18-10-8-16-22(24)26(20-12-4-2-5-13-20,21-14-6-3-7-15-21)23-17-9-11-19-25(23)27;1-26-22-11-5-7-13-24(22)27(25-14-8-6-12-23(25)26)21-17-15-20(16-18-21)19-9-3-2-4-10-19;1-22(2)18-11-7-8-12-20(18)23(3)21-14-13-17(15-19(21)22)16-9-5-4-6-10-16;1-21-18-13-7-5-11-16(18)20(15-9-3-2-4-10-15)17-12-6-8-14-19(17)21;1-16(2)12-8-4-6-10-14(12)17(3)15-11-7-5-9-13(15)16;2*1-14-10-6-2-4-8-12(10)15-13-9-5-3-7-11(13)14/h2-19H,1H3;2-18H,1H3;4-15H,1-3H3;2-14,20H,1H3;4-11H,1-3H3;2*2-9H,1H3. The fourth-order valence-corrected chi connectivity index (χ4v) is 23.3. The molecule has 7 aliphatic rings. The van der Waals surface area contributed by atoms with Crippen molar-refractivity contribution in [2.24, 2.45) is 0 Å². The zero-order chi connectivity index (χ0) is 99.3. The van der Waals surface area contributed by atoms with Gasteiger partial charge in [-0.15, -0.1) is 0 Å². The molecule has 0 amide bonds. The van der Waals surface area contributed by atoms with E-state index < -0.39 is 0 Å². The van der Waals surface area contributed by atoms with Crippen LogP contribution in [0.15, 0.2) is 519 Å². The van der Waals surface area contributed by atoms with Gasteiger partial charge in [-0.2, -0.15) is 0 Å². The number of para-hydroxylation sites is 17. The molecule has 0 aromatic heterocycles. The van der Waals surface area contributed by atoms with Gasteiger partial charge in [-0.05, 0) is 223 Å². The Bertz CT molecular complexity index is 7570. The summed E-state index contributed by atoms with van der Waals surface area (Å²) in [5.41, 5.74) is 40.8. The number of hydrogen-bond donors (Lipinski definition) is 0. The van der Waals surface area contributed by atoms with Gasteiger partial charge in [0, 0.05) is 127 Å². The highest BCUT2D eigenvalue weighted by molar-refractivity contribution is 7.99. The minimum absolute atomic E-state index is 0.00320. The molecule has 0 radical (unpaired) electrons. The van der Waals surface area contributed by atoms with Crippen molar-refractivity contribution in [3.8, 4) is 33.8 Å². The SMILES string of the molecule is CN1c2ccccc2C(C)(C)c2cc(-c3ccccc3)ccc21.CN1c2ccccc2C(C)(C)c2ccccc21.CN1c2ccccc2C(c2ccccc2)(c2ccccc2)c2ccccc21.CN1c2ccccc2C(c2ccccc2)c2ccccc21.CN1c2ccccc2N(c2ccc(-c3ccccc3)cc2)c2ccccc21.CN1c2ccccc2Oc2ccccc21.CN1c2ccccc2Sc2ccccc21. The Balaban J connectivity index is 0.000000101. The minimum Gasteiger partial charge on any atom is -0.453 e. The third kappa shape index (κ3) is 17.9. The molecule has 0 bridgehead atoms. The molecule has 0 saturated heterocycles. The van der Waals surface area contributed by atoms with Crippen LogP contribution >= 0.6 is 11.8 Å². The van der Waals surface area contributed by atoms with Gasteiger partial charge in [0.1, 0.15) is 0 Å². The van der Waals surface area contributed by atoms with Crippen LogP contribution in [0.4, 0.5) is 96.7 Å². The summed E-state index contributed by atoms with van der Waals surface area (Å²) in [5, 5.41) is 0. The number of anilines is 17. The maximum Gasteiger partial charge on any atom is 0.151 e. The summed E-state index contributed by atoms with van der Waals surface area (Å²) in [4.78, 5) is 20.9. The number of nitrogens with zero attached hydrogens (tertiary/aromatic N) is 8. The molecule has 9 nitrogen and oxygen atoms in total. The topological polar surface area (TPSA) is 35.2 Å². The smallest absolute Gasteiger partial charge is 0.151 e. The molecule has 10 heteroatoms. The van der Waals surface area contributed by atoms with Crippen molar-refractivity contribution in [2.75, 3.05) is 88.5 Å². The number of rotatable bonds is 6. The molecular weight excluding hydrogens is 1780 g/mol.